The fourth-order valence-corrected chi connectivity index (χ4v) is 3.21. The van der Waals surface area contributed by atoms with Crippen LogP contribution in [0.1, 0.15) is 39.2 Å². The molecule has 0 amide bonds. The van der Waals surface area contributed by atoms with Gasteiger partial charge in [0, 0.05) is 24.1 Å². The van der Waals surface area contributed by atoms with Gasteiger partial charge in [0.2, 0.25) is 0 Å². The second kappa shape index (κ2) is 6.84. The van der Waals surface area contributed by atoms with Crippen molar-refractivity contribution in [3.8, 4) is 0 Å². The largest absolute Gasteiger partial charge is 0.378 e. The lowest BCUT2D eigenvalue weighted by Crippen LogP contribution is -2.62. The van der Waals surface area contributed by atoms with Crippen LogP contribution >= 0.6 is 0 Å². The summed E-state index contributed by atoms with van der Waals surface area (Å²) >= 11 is 0. The normalized spacial score (nSPS) is 28.4. The zero-order valence-electron chi connectivity index (χ0n) is 13.1. The Hall–Kier alpha value is -1.00. The van der Waals surface area contributed by atoms with Gasteiger partial charge in [0.25, 0.3) is 0 Å². The van der Waals surface area contributed by atoms with Crippen LogP contribution in [0.5, 0.6) is 0 Å². The Morgan fingerprint density at radius 1 is 1.24 bits per heavy atom. The van der Waals surface area contributed by atoms with Gasteiger partial charge in [0.15, 0.2) is 0 Å². The van der Waals surface area contributed by atoms with Crippen LogP contribution in [0.15, 0.2) is 18.2 Å². The predicted molar refractivity (Wildman–Crippen MR) is 80.3 cm³/mol. The molecule has 0 heterocycles. The van der Waals surface area contributed by atoms with E-state index in [-0.39, 0.29) is 5.41 Å². The zero-order chi connectivity index (χ0) is 15.5. The van der Waals surface area contributed by atoms with Crippen LogP contribution in [-0.4, -0.2) is 25.3 Å². The summed E-state index contributed by atoms with van der Waals surface area (Å²) < 4.78 is 32.0. The average molecular weight is 297 g/mol. The minimum absolute atomic E-state index is 0.156. The molecule has 1 saturated carbocycles. The third-order valence-electron chi connectivity index (χ3n) is 4.84. The summed E-state index contributed by atoms with van der Waals surface area (Å²) in [5.74, 6) is -1.02. The fourth-order valence-electron chi connectivity index (χ4n) is 3.21. The van der Waals surface area contributed by atoms with Gasteiger partial charge in [0.05, 0.1) is 6.10 Å². The van der Waals surface area contributed by atoms with Gasteiger partial charge in [-0.25, -0.2) is 8.78 Å². The first-order valence-corrected chi connectivity index (χ1v) is 7.79. The lowest BCUT2D eigenvalue weighted by Gasteiger charge is -2.53. The molecule has 0 spiro atoms. The van der Waals surface area contributed by atoms with Crippen LogP contribution in [0.2, 0.25) is 0 Å². The van der Waals surface area contributed by atoms with Gasteiger partial charge in [0.1, 0.15) is 11.6 Å². The Labute approximate surface area is 125 Å². The molecule has 0 saturated heterocycles. The zero-order valence-corrected chi connectivity index (χ0v) is 13.1. The molecule has 21 heavy (non-hydrogen) atoms. The molecular formula is C17H25F2NO. The van der Waals surface area contributed by atoms with E-state index >= 15 is 0 Å². The Morgan fingerprint density at radius 2 is 1.90 bits per heavy atom. The molecule has 1 aromatic rings. The van der Waals surface area contributed by atoms with Crippen molar-refractivity contribution >= 4 is 0 Å². The van der Waals surface area contributed by atoms with Crippen molar-refractivity contribution in [2.75, 3.05) is 13.2 Å². The first kappa shape index (κ1) is 16.4. The maximum absolute atomic E-state index is 13.1. The monoisotopic (exact) mass is 297 g/mol. The maximum atomic E-state index is 13.1. The minimum Gasteiger partial charge on any atom is -0.378 e. The van der Waals surface area contributed by atoms with Crippen molar-refractivity contribution in [1.82, 2.24) is 5.32 Å². The number of nitrogens with one attached hydrogen (secondary N) is 1. The second-order valence-electron chi connectivity index (χ2n) is 6.07. The molecule has 2 nitrogen and oxygen atoms in total. The third-order valence-corrected chi connectivity index (χ3v) is 4.84. The summed E-state index contributed by atoms with van der Waals surface area (Å²) in [5, 5.41) is 3.51. The van der Waals surface area contributed by atoms with Gasteiger partial charge in [-0.05, 0) is 50.4 Å². The number of hydrogen-bond donors (Lipinski definition) is 1. The smallest absolute Gasteiger partial charge is 0.126 e. The van der Waals surface area contributed by atoms with Gasteiger partial charge in [-0.1, -0.05) is 13.8 Å². The molecule has 2 rings (SSSR count). The first-order valence-electron chi connectivity index (χ1n) is 7.79. The Kier molecular flexibility index (Phi) is 5.33. The standard InChI is InChI=1S/C17H25F2NO/c1-4-17(3)15(11-16(17)21-5-2)20-7-6-12-8-13(18)10-14(19)9-12/h8-10,15-16,20H,4-7,11H2,1-3H3. The lowest BCUT2D eigenvalue weighted by molar-refractivity contribution is -0.125. The molecule has 1 aromatic carbocycles. The number of benzene rings is 1. The summed E-state index contributed by atoms with van der Waals surface area (Å²) in [4.78, 5) is 0. The summed E-state index contributed by atoms with van der Waals surface area (Å²) in [6, 6.07) is 4.11. The van der Waals surface area contributed by atoms with Crippen molar-refractivity contribution in [1.29, 1.82) is 0 Å². The maximum Gasteiger partial charge on any atom is 0.126 e. The summed E-state index contributed by atoms with van der Waals surface area (Å²) in [6.07, 6.45) is 3.01. The number of rotatable bonds is 7. The lowest BCUT2D eigenvalue weighted by atomic mass is 9.61. The van der Waals surface area contributed by atoms with Gasteiger partial charge in [-0.2, -0.15) is 0 Å². The molecule has 1 aliphatic carbocycles. The SMILES string of the molecule is CCOC1CC(NCCc2cc(F)cc(F)c2)C1(C)CC. The number of halogens is 2. The summed E-state index contributed by atoms with van der Waals surface area (Å²) in [5.41, 5.74) is 0.849. The first-order chi connectivity index (χ1) is 9.99. The van der Waals surface area contributed by atoms with Crippen molar-refractivity contribution in [3.63, 3.8) is 0 Å². The average Bonchev–Trinajstić information content (AvgIpc) is 2.43. The van der Waals surface area contributed by atoms with Crippen molar-refractivity contribution < 1.29 is 13.5 Å². The summed E-state index contributed by atoms with van der Waals surface area (Å²) in [6.45, 7) is 7.92. The van der Waals surface area contributed by atoms with E-state index in [9.17, 15) is 8.78 Å². The van der Waals surface area contributed by atoms with Crippen molar-refractivity contribution in [2.24, 2.45) is 5.41 Å². The minimum atomic E-state index is -0.511. The third kappa shape index (κ3) is 3.61. The molecule has 0 aromatic heterocycles. The van der Waals surface area contributed by atoms with E-state index in [2.05, 4.69) is 19.2 Å². The van der Waals surface area contributed by atoms with E-state index in [0.29, 0.717) is 24.1 Å². The van der Waals surface area contributed by atoms with E-state index in [0.717, 1.165) is 32.1 Å². The van der Waals surface area contributed by atoms with Crippen LogP contribution in [0.3, 0.4) is 0 Å². The van der Waals surface area contributed by atoms with Gasteiger partial charge in [-0.15, -0.1) is 0 Å². The molecule has 1 aliphatic rings. The molecule has 0 bridgehead atoms. The highest BCUT2D eigenvalue weighted by molar-refractivity contribution is 5.18. The van der Waals surface area contributed by atoms with Crippen LogP contribution < -0.4 is 5.32 Å². The van der Waals surface area contributed by atoms with Crippen molar-refractivity contribution in [2.45, 2.75) is 52.2 Å². The highest BCUT2D eigenvalue weighted by Gasteiger charge is 2.50. The van der Waals surface area contributed by atoms with E-state index in [1.54, 1.807) is 0 Å². The predicted octanol–water partition coefficient (Wildman–Crippen LogP) is 3.69. The molecule has 1 N–H and O–H groups in total. The topological polar surface area (TPSA) is 21.3 Å². The van der Waals surface area contributed by atoms with Gasteiger partial charge in [-0.3, -0.25) is 0 Å². The van der Waals surface area contributed by atoms with Crippen LogP contribution in [-0.2, 0) is 11.2 Å². The Bertz CT molecular complexity index is 460. The molecule has 118 valence electrons. The van der Waals surface area contributed by atoms with Crippen LogP contribution in [0.4, 0.5) is 8.78 Å². The molecule has 0 radical (unpaired) electrons. The van der Waals surface area contributed by atoms with Crippen LogP contribution in [0.25, 0.3) is 0 Å². The fraction of sp³-hybridized carbons (Fsp3) is 0.647. The van der Waals surface area contributed by atoms with Gasteiger partial charge < -0.3 is 10.1 Å². The van der Waals surface area contributed by atoms with Gasteiger partial charge >= 0.3 is 0 Å². The van der Waals surface area contributed by atoms with E-state index in [4.69, 9.17) is 4.74 Å². The Balaban J connectivity index is 1.84. The quantitative estimate of drug-likeness (QED) is 0.829. The number of hydrogen-bond acceptors (Lipinski definition) is 2. The van der Waals surface area contributed by atoms with Crippen molar-refractivity contribution in [3.05, 3.63) is 35.4 Å². The Morgan fingerprint density at radius 3 is 2.48 bits per heavy atom. The molecule has 4 heteroatoms. The highest BCUT2D eigenvalue weighted by Crippen LogP contribution is 2.45. The van der Waals surface area contributed by atoms with E-state index in [1.165, 1.54) is 12.1 Å². The van der Waals surface area contributed by atoms with Crippen LogP contribution in [0, 0.1) is 17.0 Å². The number of ether oxygens (including phenoxy) is 1. The van der Waals surface area contributed by atoms with E-state index in [1.807, 2.05) is 6.92 Å². The summed E-state index contributed by atoms with van der Waals surface area (Å²) in [7, 11) is 0. The molecular weight excluding hydrogens is 272 g/mol. The molecule has 0 aliphatic heterocycles. The van der Waals surface area contributed by atoms with E-state index < -0.39 is 11.6 Å². The second-order valence-corrected chi connectivity index (χ2v) is 6.07. The highest BCUT2D eigenvalue weighted by atomic mass is 19.1. The molecule has 3 unspecified atom stereocenters. The molecule has 1 fully saturated rings. The molecule has 3 atom stereocenters.